The van der Waals surface area contributed by atoms with Gasteiger partial charge in [-0.15, -0.1) is 11.3 Å². The predicted molar refractivity (Wildman–Crippen MR) is 70.4 cm³/mol. The molecule has 0 bridgehead atoms. The third-order valence-electron chi connectivity index (χ3n) is 3.72. The highest BCUT2D eigenvalue weighted by atomic mass is 32.1. The zero-order valence-corrected chi connectivity index (χ0v) is 11.7. The number of nitrogens with one attached hydrogen (secondary N) is 1. The van der Waals surface area contributed by atoms with Crippen molar-refractivity contribution in [2.45, 2.75) is 45.7 Å². The number of aromatic nitrogens is 1. The molecule has 0 saturated carbocycles. The van der Waals surface area contributed by atoms with Crippen LogP contribution in [0.15, 0.2) is 0 Å². The third kappa shape index (κ3) is 3.05. The van der Waals surface area contributed by atoms with Gasteiger partial charge in [0.25, 0.3) is 0 Å². The Balaban J connectivity index is 2.05. The van der Waals surface area contributed by atoms with Crippen LogP contribution in [0.4, 0.5) is 4.39 Å². The Bertz CT molecular complexity index is 361. The lowest BCUT2D eigenvalue weighted by Gasteiger charge is -2.33. The molecule has 2 heterocycles. The highest BCUT2D eigenvalue weighted by molar-refractivity contribution is 7.11. The maximum absolute atomic E-state index is 14.7. The van der Waals surface area contributed by atoms with E-state index in [1.165, 1.54) is 4.88 Å². The first-order chi connectivity index (χ1) is 7.99. The molecule has 96 valence electrons. The summed E-state index contributed by atoms with van der Waals surface area (Å²) >= 11 is 1.63. The highest BCUT2D eigenvalue weighted by Gasteiger charge is 2.36. The molecule has 17 heavy (non-hydrogen) atoms. The van der Waals surface area contributed by atoms with E-state index >= 15 is 0 Å². The highest BCUT2D eigenvalue weighted by Crippen LogP contribution is 2.32. The van der Waals surface area contributed by atoms with Crippen LogP contribution in [-0.2, 0) is 6.42 Å². The molecule has 0 aromatic carbocycles. The Hall–Kier alpha value is -0.480. The summed E-state index contributed by atoms with van der Waals surface area (Å²) in [6.07, 6.45) is 2.53. The van der Waals surface area contributed by atoms with Crippen molar-refractivity contribution in [3.05, 3.63) is 15.6 Å². The number of hydrogen-bond donors (Lipinski definition) is 1. The molecule has 2 atom stereocenters. The molecule has 1 aromatic heterocycles. The van der Waals surface area contributed by atoms with Gasteiger partial charge < -0.3 is 5.32 Å². The summed E-state index contributed by atoms with van der Waals surface area (Å²) in [5.74, 6) is 0.126. The molecule has 0 aliphatic carbocycles. The van der Waals surface area contributed by atoms with Crippen molar-refractivity contribution in [1.29, 1.82) is 0 Å². The molecule has 4 heteroatoms. The van der Waals surface area contributed by atoms with Gasteiger partial charge in [-0.25, -0.2) is 9.37 Å². The molecular formula is C13H21FN2S. The molecule has 2 unspecified atom stereocenters. The summed E-state index contributed by atoms with van der Waals surface area (Å²) < 4.78 is 14.7. The van der Waals surface area contributed by atoms with Crippen molar-refractivity contribution >= 4 is 11.3 Å². The molecule has 0 spiro atoms. The van der Waals surface area contributed by atoms with E-state index in [9.17, 15) is 4.39 Å². The number of hydrogen-bond acceptors (Lipinski definition) is 3. The molecule has 1 saturated heterocycles. The maximum Gasteiger partial charge on any atom is 0.118 e. The summed E-state index contributed by atoms with van der Waals surface area (Å²) in [6.45, 7) is 7.61. The van der Waals surface area contributed by atoms with Crippen molar-refractivity contribution in [3.8, 4) is 0 Å². The average molecular weight is 256 g/mol. The molecule has 1 N–H and O–H groups in total. The normalized spacial score (nSPS) is 24.6. The Kier molecular flexibility index (Phi) is 3.83. The average Bonchev–Trinajstić information content (AvgIpc) is 2.58. The van der Waals surface area contributed by atoms with Crippen LogP contribution < -0.4 is 5.32 Å². The molecule has 2 rings (SSSR count). The van der Waals surface area contributed by atoms with E-state index in [-0.39, 0.29) is 5.92 Å². The first-order valence-corrected chi connectivity index (χ1v) is 7.13. The number of thiazole rings is 1. The molecule has 0 amide bonds. The summed E-state index contributed by atoms with van der Waals surface area (Å²) in [5.41, 5.74) is -0.0907. The standard InChI is InChI=1S/C13H21FN2S/c1-9-10(2)17-12(16-9)7-13(3,14)11-5-4-6-15-8-11/h11,15H,4-8H2,1-3H3. The lowest BCUT2D eigenvalue weighted by Crippen LogP contribution is -2.42. The zero-order valence-electron chi connectivity index (χ0n) is 10.8. The minimum atomic E-state index is -1.13. The zero-order chi connectivity index (χ0) is 12.5. The van der Waals surface area contributed by atoms with Crippen LogP contribution in [-0.4, -0.2) is 23.7 Å². The number of alkyl halides is 1. The van der Waals surface area contributed by atoms with Gasteiger partial charge in [0, 0.05) is 23.8 Å². The van der Waals surface area contributed by atoms with Crippen molar-refractivity contribution in [1.82, 2.24) is 10.3 Å². The molecular weight excluding hydrogens is 235 g/mol. The van der Waals surface area contributed by atoms with Crippen molar-refractivity contribution in [2.24, 2.45) is 5.92 Å². The number of halogens is 1. The van der Waals surface area contributed by atoms with E-state index in [2.05, 4.69) is 10.3 Å². The molecule has 1 aliphatic heterocycles. The third-order valence-corrected chi connectivity index (χ3v) is 4.79. The Morgan fingerprint density at radius 2 is 2.29 bits per heavy atom. The van der Waals surface area contributed by atoms with E-state index < -0.39 is 5.67 Å². The molecule has 0 radical (unpaired) electrons. The van der Waals surface area contributed by atoms with Crippen molar-refractivity contribution < 1.29 is 4.39 Å². The first-order valence-electron chi connectivity index (χ1n) is 6.31. The first kappa shape index (κ1) is 13.0. The van der Waals surface area contributed by atoms with Gasteiger partial charge in [-0.2, -0.15) is 0 Å². The lowest BCUT2D eigenvalue weighted by atomic mass is 9.83. The van der Waals surface area contributed by atoms with E-state index in [1.807, 2.05) is 13.8 Å². The predicted octanol–water partition coefficient (Wildman–Crippen LogP) is 3.03. The van der Waals surface area contributed by atoms with Crippen LogP contribution in [0, 0.1) is 19.8 Å². The molecule has 2 nitrogen and oxygen atoms in total. The second-order valence-electron chi connectivity index (χ2n) is 5.25. The second-order valence-corrected chi connectivity index (χ2v) is 6.54. The fourth-order valence-electron chi connectivity index (χ4n) is 2.42. The number of nitrogens with zero attached hydrogens (tertiary/aromatic N) is 1. The van der Waals surface area contributed by atoms with Crippen LogP contribution in [0.2, 0.25) is 0 Å². The van der Waals surface area contributed by atoms with Crippen LogP contribution in [0.3, 0.4) is 0 Å². The summed E-state index contributed by atoms with van der Waals surface area (Å²) in [5, 5.41) is 4.23. The minimum Gasteiger partial charge on any atom is -0.316 e. The van der Waals surface area contributed by atoms with Gasteiger partial charge in [0.1, 0.15) is 5.67 Å². The Morgan fingerprint density at radius 1 is 1.53 bits per heavy atom. The fraction of sp³-hybridized carbons (Fsp3) is 0.769. The van der Waals surface area contributed by atoms with Crippen molar-refractivity contribution in [2.75, 3.05) is 13.1 Å². The summed E-state index contributed by atoms with van der Waals surface area (Å²) in [6, 6.07) is 0. The van der Waals surface area contributed by atoms with Crippen molar-refractivity contribution in [3.63, 3.8) is 0 Å². The molecule has 1 aliphatic rings. The summed E-state index contributed by atoms with van der Waals surface area (Å²) in [4.78, 5) is 5.65. The van der Waals surface area contributed by atoms with Crippen LogP contribution in [0.25, 0.3) is 0 Å². The topological polar surface area (TPSA) is 24.9 Å². The Morgan fingerprint density at radius 3 is 2.82 bits per heavy atom. The van der Waals surface area contributed by atoms with E-state index in [0.717, 1.165) is 36.6 Å². The van der Waals surface area contributed by atoms with Gasteiger partial charge in [-0.1, -0.05) is 0 Å². The largest absolute Gasteiger partial charge is 0.316 e. The van der Waals surface area contributed by atoms with Crippen LogP contribution in [0.1, 0.15) is 35.3 Å². The quantitative estimate of drug-likeness (QED) is 0.899. The lowest BCUT2D eigenvalue weighted by molar-refractivity contribution is 0.0833. The van der Waals surface area contributed by atoms with E-state index in [0.29, 0.717) is 6.42 Å². The van der Waals surface area contributed by atoms with Crippen LogP contribution >= 0.6 is 11.3 Å². The SMILES string of the molecule is Cc1nc(CC(C)(F)C2CCCNC2)sc1C. The smallest absolute Gasteiger partial charge is 0.118 e. The molecule has 1 fully saturated rings. The van der Waals surface area contributed by atoms with Crippen LogP contribution in [0.5, 0.6) is 0 Å². The summed E-state index contributed by atoms with van der Waals surface area (Å²) in [7, 11) is 0. The van der Waals surface area contributed by atoms with Gasteiger partial charge in [0.2, 0.25) is 0 Å². The van der Waals surface area contributed by atoms with Gasteiger partial charge in [0.05, 0.1) is 10.7 Å². The van der Waals surface area contributed by atoms with Gasteiger partial charge in [-0.05, 0) is 40.2 Å². The monoisotopic (exact) mass is 256 g/mol. The number of aryl methyl sites for hydroxylation is 2. The number of piperidine rings is 1. The maximum atomic E-state index is 14.7. The minimum absolute atomic E-state index is 0.126. The Labute approximate surface area is 107 Å². The molecule has 1 aromatic rings. The van der Waals surface area contributed by atoms with Gasteiger partial charge in [-0.3, -0.25) is 0 Å². The van der Waals surface area contributed by atoms with E-state index in [4.69, 9.17) is 0 Å². The fourth-order valence-corrected chi connectivity index (χ4v) is 3.50. The van der Waals surface area contributed by atoms with Gasteiger partial charge in [0.15, 0.2) is 0 Å². The second kappa shape index (κ2) is 5.02. The van der Waals surface area contributed by atoms with E-state index in [1.54, 1.807) is 18.3 Å². The van der Waals surface area contributed by atoms with Gasteiger partial charge >= 0.3 is 0 Å². The number of rotatable bonds is 3.